The molecule has 0 bridgehead atoms. The number of ketones is 1. The number of H-pyrrole nitrogens is 1. The third kappa shape index (κ3) is 2.49. The van der Waals surface area contributed by atoms with Gasteiger partial charge in [-0.1, -0.05) is 18.2 Å². The van der Waals surface area contributed by atoms with Gasteiger partial charge in [-0.25, -0.2) is 0 Å². The van der Waals surface area contributed by atoms with Crippen molar-refractivity contribution in [3.8, 4) is 0 Å². The highest BCUT2D eigenvalue weighted by Crippen LogP contribution is 2.28. The Morgan fingerprint density at radius 2 is 2.00 bits per heavy atom. The van der Waals surface area contributed by atoms with Gasteiger partial charge < -0.3 is 10.1 Å². The molecule has 1 aromatic heterocycles. The van der Waals surface area contributed by atoms with Gasteiger partial charge in [0.15, 0.2) is 5.78 Å². The number of nitrogens with one attached hydrogen (secondary N) is 1. The minimum Gasteiger partial charge on any atom is -0.392 e. The number of aliphatic hydroxyl groups excluding tert-OH is 1. The molecule has 0 radical (unpaired) electrons. The molecule has 1 heterocycles. The second kappa shape index (κ2) is 5.52. The summed E-state index contributed by atoms with van der Waals surface area (Å²) in [5.74, 6) is 0.0794. The summed E-state index contributed by atoms with van der Waals surface area (Å²) in [5.41, 5.74) is 5.57. The fourth-order valence-electron chi connectivity index (χ4n) is 3.21. The number of allylic oxidation sites excluding steroid dienone is 1. The van der Waals surface area contributed by atoms with Gasteiger partial charge in [-0.3, -0.25) is 4.79 Å². The average Bonchev–Trinajstić information content (AvgIpc) is 3.05. The van der Waals surface area contributed by atoms with E-state index in [0.717, 1.165) is 51.6 Å². The Morgan fingerprint density at radius 1 is 1.09 bits per heavy atom. The predicted octanol–water partition coefficient (Wildman–Crippen LogP) is 3.87. The molecule has 23 heavy (non-hydrogen) atoms. The molecule has 0 aliphatic heterocycles. The molecule has 1 aliphatic carbocycles. The lowest BCUT2D eigenvalue weighted by molar-refractivity contribution is 0.102. The van der Waals surface area contributed by atoms with Gasteiger partial charge in [0.1, 0.15) is 0 Å². The Labute approximate surface area is 134 Å². The van der Waals surface area contributed by atoms with Gasteiger partial charge in [0.25, 0.3) is 0 Å². The summed E-state index contributed by atoms with van der Waals surface area (Å²) in [4.78, 5) is 15.9. The van der Waals surface area contributed by atoms with Crippen molar-refractivity contribution >= 4 is 22.8 Å². The third-order valence-electron chi connectivity index (χ3n) is 4.48. The first-order valence-electron chi connectivity index (χ1n) is 7.80. The Balaban J connectivity index is 1.73. The molecular formula is C20H17NO2. The minimum atomic E-state index is -0.0379. The van der Waals surface area contributed by atoms with E-state index in [-0.39, 0.29) is 12.4 Å². The summed E-state index contributed by atoms with van der Waals surface area (Å²) in [6.07, 6.45) is 5.53. The normalized spacial score (nSPS) is 16.0. The molecule has 4 rings (SSSR count). The standard InChI is InChI=1S/C20H17NO2/c22-12-14-1-3-15-4-5-17(20(23)18(15)11-14)10-13-2-6-19-16(9-13)7-8-21-19/h1-3,6-11,21-22H,4-5,12H2/b17-10+. The van der Waals surface area contributed by atoms with Crippen LogP contribution in [-0.4, -0.2) is 15.9 Å². The second-order valence-electron chi connectivity index (χ2n) is 5.97. The number of aryl methyl sites for hydroxylation is 1. The number of rotatable bonds is 2. The van der Waals surface area contributed by atoms with E-state index in [1.807, 2.05) is 48.7 Å². The molecule has 3 heteroatoms. The maximum Gasteiger partial charge on any atom is 0.189 e. The zero-order valence-electron chi connectivity index (χ0n) is 12.7. The smallest absolute Gasteiger partial charge is 0.189 e. The van der Waals surface area contributed by atoms with Crippen molar-refractivity contribution in [2.24, 2.45) is 0 Å². The van der Waals surface area contributed by atoms with Crippen molar-refractivity contribution in [3.63, 3.8) is 0 Å². The van der Waals surface area contributed by atoms with E-state index in [0.29, 0.717) is 0 Å². The van der Waals surface area contributed by atoms with E-state index in [2.05, 4.69) is 11.1 Å². The molecule has 3 nitrogen and oxygen atoms in total. The van der Waals surface area contributed by atoms with Crippen molar-refractivity contribution in [2.45, 2.75) is 19.4 Å². The fraction of sp³-hybridized carbons (Fsp3) is 0.150. The number of fused-ring (bicyclic) bond motifs is 2. The largest absolute Gasteiger partial charge is 0.392 e. The first-order valence-corrected chi connectivity index (χ1v) is 7.80. The van der Waals surface area contributed by atoms with Crippen molar-refractivity contribution in [3.05, 3.63) is 76.5 Å². The van der Waals surface area contributed by atoms with E-state index in [1.54, 1.807) is 0 Å². The van der Waals surface area contributed by atoms with Crippen molar-refractivity contribution in [1.29, 1.82) is 0 Å². The van der Waals surface area contributed by atoms with Gasteiger partial charge in [0.05, 0.1) is 6.61 Å². The number of carbonyl (C=O) groups excluding carboxylic acids is 1. The maximum atomic E-state index is 12.7. The van der Waals surface area contributed by atoms with E-state index >= 15 is 0 Å². The lowest BCUT2D eigenvalue weighted by Crippen LogP contribution is -2.14. The lowest BCUT2D eigenvalue weighted by Gasteiger charge is -2.18. The van der Waals surface area contributed by atoms with Crippen molar-refractivity contribution in [1.82, 2.24) is 4.98 Å². The molecule has 0 spiro atoms. The van der Waals surface area contributed by atoms with Crippen LogP contribution in [0.5, 0.6) is 0 Å². The molecule has 0 atom stereocenters. The molecule has 3 aromatic rings. The molecule has 0 fully saturated rings. The highest BCUT2D eigenvalue weighted by molar-refractivity contribution is 6.13. The summed E-state index contributed by atoms with van der Waals surface area (Å²) in [6, 6.07) is 13.8. The van der Waals surface area contributed by atoms with E-state index in [4.69, 9.17) is 0 Å². The van der Waals surface area contributed by atoms with E-state index < -0.39 is 0 Å². The average molecular weight is 303 g/mol. The Morgan fingerprint density at radius 3 is 2.87 bits per heavy atom. The van der Waals surface area contributed by atoms with Gasteiger partial charge >= 0.3 is 0 Å². The Hall–Kier alpha value is -2.65. The molecule has 0 saturated heterocycles. The first-order chi connectivity index (χ1) is 11.2. The van der Waals surface area contributed by atoms with Crippen LogP contribution < -0.4 is 0 Å². The lowest BCUT2D eigenvalue weighted by atomic mass is 9.85. The summed E-state index contributed by atoms with van der Waals surface area (Å²) >= 11 is 0. The van der Waals surface area contributed by atoms with Gasteiger partial charge in [-0.05, 0) is 65.3 Å². The number of hydrogen-bond acceptors (Lipinski definition) is 2. The van der Waals surface area contributed by atoms with Crippen LogP contribution in [0, 0.1) is 0 Å². The molecule has 0 unspecified atom stereocenters. The van der Waals surface area contributed by atoms with Crippen molar-refractivity contribution in [2.75, 3.05) is 0 Å². The third-order valence-corrected chi connectivity index (χ3v) is 4.48. The van der Waals surface area contributed by atoms with Gasteiger partial charge in [0, 0.05) is 22.9 Å². The quantitative estimate of drug-likeness (QED) is 0.706. The summed E-state index contributed by atoms with van der Waals surface area (Å²) in [6.45, 7) is -0.0379. The summed E-state index contributed by atoms with van der Waals surface area (Å²) in [5, 5.41) is 10.4. The van der Waals surface area contributed by atoms with Crippen molar-refractivity contribution < 1.29 is 9.90 Å². The molecular weight excluding hydrogens is 286 g/mol. The van der Waals surface area contributed by atoms with E-state index in [1.165, 1.54) is 0 Å². The molecule has 1 aliphatic rings. The minimum absolute atomic E-state index is 0.0379. The molecule has 114 valence electrons. The Bertz CT molecular complexity index is 934. The predicted molar refractivity (Wildman–Crippen MR) is 91.3 cm³/mol. The number of Topliss-reactive ketones (excluding diaryl/α,β-unsaturated/α-hetero) is 1. The van der Waals surface area contributed by atoms with Crippen LogP contribution in [0.4, 0.5) is 0 Å². The van der Waals surface area contributed by atoms with Crippen LogP contribution >= 0.6 is 0 Å². The second-order valence-corrected chi connectivity index (χ2v) is 5.97. The maximum absolute atomic E-state index is 12.7. The highest BCUT2D eigenvalue weighted by Gasteiger charge is 2.22. The monoisotopic (exact) mass is 303 g/mol. The zero-order chi connectivity index (χ0) is 15.8. The number of aliphatic hydroxyl groups is 1. The van der Waals surface area contributed by atoms with Gasteiger partial charge in [-0.15, -0.1) is 0 Å². The highest BCUT2D eigenvalue weighted by atomic mass is 16.3. The zero-order valence-corrected chi connectivity index (χ0v) is 12.7. The fourth-order valence-corrected chi connectivity index (χ4v) is 3.21. The number of hydrogen-bond donors (Lipinski definition) is 2. The molecule has 2 N–H and O–H groups in total. The first kappa shape index (κ1) is 14.0. The summed E-state index contributed by atoms with van der Waals surface area (Å²) in [7, 11) is 0. The van der Waals surface area contributed by atoms with Gasteiger partial charge in [0.2, 0.25) is 0 Å². The van der Waals surface area contributed by atoms with Crippen LogP contribution in [0.1, 0.15) is 33.5 Å². The molecule has 0 amide bonds. The van der Waals surface area contributed by atoms with E-state index in [9.17, 15) is 9.90 Å². The number of aromatic amines is 1. The number of carbonyl (C=O) groups is 1. The molecule has 0 saturated carbocycles. The van der Waals surface area contributed by atoms with Crippen LogP contribution in [0.25, 0.3) is 17.0 Å². The number of benzene rings is 2. The van der Waals surface area contributed by atoms with Crippen LogP contribution in [0.3, 0.4) is 0 Å². The number of aromatic nitrogens is 1. The molecule has 2 aromatic carbocycles. The Kier molecular flexibility index (Phi) is 3.36. The topological polar surface area (TPSA) is 53.1 Å². The van der Waals surface area contributed by atoms with Crippen LogP contribution in [-0.2, 0) is 13.0 Å². The van der Waals surface area contributed by atoms with Crippen LogP contribution in [0.2, 0.25) is 0 Å². The van der Waals surface area contributed by atoms with Gasteiger partial charge in [-0.2, -0.15) is 0 Å². The summed E-state index contributed by atoms with van der Waals surface area (Å²) < 4.78 is 0. The van der Waals surface area contributed by atoms with Crippen LogP contribution in [0.15, 0.2) is 54.2 Å². The SMILES string of the molecule is O=C1/C(=C/c2ccc3[nH]ccc3c2)CCc2ccc(CO)cc21.